The molecule has 126 valence electrons. The quantitative estimate of drug-likeness (QED) is 0.610. The SMILES string of the molecule is O=C(Nc1ccccc1-c1nc(-c2ccccn2)no1)c1cccnc1. The van der Waals surface area contributed by atoms with Gasteiger partial charge in [0.2, 0.25) is 5.82 Å². The second-order valence-corrected chi connectivity index (χ2v) is 5.38. The van der Waals surface area contributed by atoms with Crippen LogP contribution in [0.15, 0.2) is 77.7 Å². The molecule has 0 unspecified atom stereocenters. The Bertz CT molecular complexity index is 1030. The first-order valence-electron chi connectivity index (χ1n) is 7.87. The number of nitrogens with one attached hydrogen (secondary N) is 1. The van der Waals surface area contributed by atoms with E-state index in [0.717, 1.165) is 0 Å². The van der Waals surface area contributed by atoms with Crippen LogP contribution in [0.4, 0.5) is 5.69 Å². The Hall–Kier alpha value is -3.87. The summed E-state index contributed by atoms with van der Waals surface area (Å²) in [5.74, 6) is 0.414. The van der Waals surface area contributed by atoms with Crippen molar-refractivity contribution in [1.29, 1.82) is 0 Å². The molecule has 7 heteroatoms. The number of carbonyl (C=O) groups excluding carboxylic acids is 1. The zero-order valence-corrected chi connectivity index (χ0v) is 13.5. The summed E-state index contributed by atoms with van der Waals surface area (Å²) < 4.78 is 5.37. The second-order valence-electron chi connectivity index (χ2n) is 5.38. The third-order valence-corrected chi connectivity index (χ3v) is 3.65. The molecule has 26 heavy (non-hydrogen) atoms. The van der Waals surface area contributed by atoms with Gasteiger partial charge in [-0.15, -0.1) is 0 Å². The van der Waals surface area contributed by atoms with Crippen LogP contribution in [-0.4, -0.2) is 26.0 Å². The lowest BCUT2D eigenvalue weighted by Crippen LogP contribution is -2.12. The van der Waals surface area contributed by atoms with Crippen LogP contribution in [-0.2, 0) is 0 Å². The highest BCUT2D eigenvalue weighted by atomic mass is 16.5. The van der Waals surface area contributed by atoms with Crippen LogP contribution >= 0.6 is 0 Å². The highest BCUT2D eigenvalue weighted by Crippen LogP contribution is 2.28. The summed E-state index contributed by atoms with van der Waals surface area (Å²) in [5.41, 5.74) is 2.26. The number of rotatable bonds is 4. The van der Waals surface area contributed by atoms with E-state index in [9.17, 15) is 4.79 Å². The summed E-state index contributed by atoms with van der Waals surface area (Å²) in [4.78, 5) is 24.9. The van der Waals surface area contributed by atoms with Gasteiger partial charge in [-0.25, -0.2) is 0 Å². The van der Waals surface area contributed by atoms with E-state index in [4.69, 9.17) is 4.52 Å². The van der Waals surface area contributed by atoms with Gasteiger partial charge in [-0.1, -0.05) is 23.4 Å². The topological polar surface area (TPSA) is 93.8 Å². The number of carbonyl (C=O) groups is 1. The van der Waals surface area contributed by atoms with Gasteiger partial charge in [-0.2, -0.15) is 4.98 Å². The molecule has 7 nitrogen and oxygen atoms in total. The predicted molar refractivity (Wildman–Crippen MR) is 95.2 cm³/mol. The average Bonchev–Trinajstić information content (AvgIpc) is 3.20. The van der Waals surface area contributed by atoms with Crippen molar-refractivity contribution in [1.82, 2.24) is 20.1 Å². The molecule has 0 spiro atoms. The molecular formula is C19H13N5O2. The number of benzene rings is 1. The van der Waals surface area contributed by atoms with Crippen molar-refractivity contribution in [3.63, 3.8) is 0 Å². The number of nitrogens with zero attached hydrogens (tertiary/aromatic N) is 4. The van der Waals surface area contributed by atoms with Gasteiger partial charge < -0.3 is 9.84 Å². The van der Waals surface area contributed by atoms with Crippen LogP contribution < -0.4 is 5.32 Å². The lowest BCUT2D eigenvalue weighted by Gasteiger charge is -2.08. The minimum atomic E-state index is -0.269. The minimum absolute atomic E-state index is 0.269. The van der Waals surface area contributed by atoms with E-state index >= 15 is 0 Å². The van der Waals surface area contributed by atoms with Crippen LogP contribution in [0.5, 0.6) is 0 Å². The fraction of sp³-hybridized carbons (Fsp3) is 0. The van der Waals surface area contributed by atoms with Gasteiger partial charge in [0.25, 0.3) is 11.8 Å². The Labute approximate surface area is 148 Å². The van der Waals surface area contributed by atoms with Gasteiger partial charge >= 0.3 is 0 Å². The predicted octanol–water partition coefficient (Wildman–Crippen LogP) is 3.45. The number of hydrogen-bond donors (Lipinski definition) is 1. The molecule has 0 radical (unpaired) electrons. The van der Waals surface area contributed by atoms with E-state index in [2.05, 4.69) is 25.4 Å². The van der Waals surface area contributed by atoms with Crippen LogP contribution in [0.25, 0.3) is 23.0 Å². The first-order chi connectivity index (χ1) is 12.8. The Balaban J connectivity index is 1.64. The Kier molecular flexibility index (Phi) is 4.17. The Morgan fingerprint density at radius 3 is 2.65 bits per heavy atom. The third-order valence-electron chi connectivity index (χ3n) is 3.65. The van der Waals surface area contributed by atoms with Crippen molar-refractivity contribution in [3.8, 4) is 23.0 Å². The maximum absolute atomic E-state index is 12.4. The van der Waals surface area contributed by atoms with Gasteiger partial charge in [-0.05, 0) is 36.4 Å². The molecule has 0 aliphatic carbocycles. The Morgan fingerprint density at radius 2 is 1.85 bits per heavy atom. The standard InChI is InChI=1S/C19H13N5O2/c25-18(13-6-5-10-20-12-13)22-15-8-2-1-7-14(15)19-23-17(24-26-19)16-9-3-4-11-21-16/h1-12H,(H,22,25). The van der Waals surface area contributed by atoms with Crippen molar-refractivity contribution in [3.05, 3.63) is 78.8 Å². The fourth-order valence-corrected chi connectivity index (χ4v) is 2.40. The molecule has 1 amide bonds. The summed E-state index contributed by atoms with van der Waals surface area (Å²) in [6.07, 6.45) is 4.78. The molecule has 0 bridgehead atoms. The van der Waals surface area contributed by atoms with Gasteiger partial charge in [0.15, 0.2) is 0 Å². The van der Waals surface area contributed by atoms with Gasteiger partial charge in [0, 0.05) is 18.6 Å². The molecule has 4 aromatic rings. The maximum Gasteiger partial charge on any atom is 0.260 e. The number of para-hydroxylation sites is 1. The largest absolute Gasteiger partial charge is 0.333 e. The second kappa shape index (κ2) is 6.94. The summed E-state index contributed by atoms with van der Waals surface area (Å²) in [6.45, 7) is 0. The maximum atomic E-state index is 12.4. The van der Waals surface area contributed by atoms with E-state index in [1.807, 2.05) is 24.3 Å². The molecule has 1 N–H and O–H groups in total. The van der Waals surface area contributed by atoms with E-state index in [1.165, 1.54) is 6.20 Å². The smallest absolute Gasteiger partial charge is 0.260 e. The van der Waals surface area contributed by atoms with Crippen molar-refractivity contribution in [2.45, 2.75) is 0 Å². The number of pyridine rings is 2. The van der Waals surface area contributed by atoms with Gasteiger partial charge in [0.05, 0.1) is 16.8 Å². The molecule has 0 aliphatic heterocycles. The van der Waals surface area contributed by atoms with Crippen LogP contribution in [0, 0.1) is 0 Å². The summed E-state index contributed by atoms with van der Waals surface area (Å²) in [7, 11) is 0. The summed E-state index contributed by atoms with van der Waals surface area (Å²) in [6, 6.07) is 16.1. The number of hydrogen-bond acceptors (Lipinski definition) is 6. The van der Waals surface area contributed by atoms with E-state index in [1.54, 1.807) is 42.7 Å². The summed E-state index contributed by atoms with van der Waals surface area (Å²) >= 11 is 0. The lowest BCUT2D eigenvalue weighted by molar-refractivity contribution is 0.102. The normalized spacial score (nSPS) is 10.5. The number of anilines is 1. The molecule has 0 fully saturated rings. The minimum Gasteiger partial charge on any atom is -0.333 e. The van der Waals surface area contributed by atoms with Crippen molar-refractivity contribution in [2.24, 2.45) is 0 Å². The van der Waals surface area contributed by atoms with Crippen LogP contribution in [0.2, 0.25) is 0 Å². The van der Waals surface area contributed by atoms with E-state index in [-0.39, 0.29) is 5.91 Å². The molecule has 4 rings (SSSR count). The van der Waals surface area contributed by atoms with Gasteiger partial charge in [0.1, 0.15) is 5.69 Å². The number of aromatic nitrogens is 4. The zero-order chi connectivity index (χ0) is 17.8. The molecule has 0 atom stereocenters. The van der Waals surface area contributed by atoms with Crippen molar-refractivity contribution < 1.29 is 9.32 Å². The molecule has 3 aromatic heterocycles. The third kappa shape index (κ3) is 3.18. The molecule has 0 saturated carbocycles. The Morgan fingerprint density at radius 1 is 0.962 bits per heavy atom. The molecule has 3 heterocycles. The zero-order valence-electron chi connectivity index (χ0n) is 13.5. The average molecular weight is 343 g/mol. The highest BCUT2D eigenvalue weighted by Gasteiger charge is 2.16. The van der Waals surface area contributed by atoms with Crippen LogP contribution in [0.1, 0.15) is 10.4 Å². The first-order valence-corrected chi connectivity index (χ1v) is 7.87. The lowest BCUT2D eigenvalue weighted by atomic mass is 10.1. The first kappa shape index (κ1) is 15.6. The molecule has 1 aromatic carbocycles. The van der Waals surface area contributed by atoms with E-state index in [0.29, 0.717) is 34.2 Å². The molecular weight excluding hydrogens is 330 g/mol. The molecule has 0 aliphatic rings. The molecule has 0 saturated heterocycles. The summed E-state index contributed by atoms with van der Waals surface area (Å²) in [5, 5.41) is 6.82. The van der Waals surface area contributed by atoms with E-state index < -0.39 is 0 Å². The number of amides is 1. The monoisotopic (exact) mass is 343 g/mol. The highest BCUT2D eigenvalue weighted by molar-refractivity contribution is 6.05. The van der Waals surface area contributed by atoms with Crippen LogP contribution in [0.3, 0.4) is 0 Å². The van der Waals surface area contributed by atoms with Crippen molar-refractivity contribution >= 4 is 11.6 Å². The van der Waals surface area contributed by atoms with Gasteiger partial charge in [-0.3, -0.25) is 14.8 Å². The van der Waals surface area contributed by atoms with Crippen molar-refractivity contribution in [2.75, 3.05) is 5.32 Å². The fourth-order valence-electron chi connectivity index (χ4n) is 2.40.